The molecule has 1 fully saturated rings. The van der Waals surface area contributed by atoms with Crippen LogP contribution in [0.1, 0.15) is 155 Å². The highest BCUT2D eigenvalue weighted by Gasteiger charge is 2.44. The number of aliphatic hydroxyl groups excluding tert-OH is 7. The van der Waals surface area contributed by atoms with Crippen LogP contribution in [0.3, 0.4) is 0 Å². The zero-order valence-corrected chi connectivity index (χ0v) is 33.0. The van der Waals surface area contributed by atoms with Gasteiger partial charge in [0.2, 0.25) is 5.91 Å². The second-order valence-corrected chi connectivity index (χ2v) is 14.7. The molecule has 1 aliphatic rings. The van der Waals surface area contributed by atoms with Gasteiger partial charge in [-0.25, -0.2) is 0 Å². The van der Waals surface area contributed by atoms with E-state index >= 15 is 0 Å². The lowest BCUT2D eigenvalue weighted by Gasteiger charge is -2.40. The van der Waals surface area contributed by atoms with E-state index in [9.17, 15) is 40.5 Å². The lowest BCUT2D eigenvalue weighted by molar-refractivity contribution is -0.303. The van der Waals surface area contributed by atoms with Gasteiger partial charge in [0, 0.05) is 0 Å². The van der Waals surface area contributed by atoms with Crippen LogP contribution < -0.4 is 5.32 Å². The molecule has 8 N–H and O–H groups in total. The summed E-state index contributed by atoms with van der Waals surface area (Å²) in [5, 5.41) is 75.2. The highest BCUT2D eigenvalue weighted by molar-refractivity contribution is 5.80. The molecular formula is C42H77NO10. The first kappa shape index (κ1) is 49.3. The van der Waals surface area contributed by atoms with Crippen molar-refractivity contribution in [2.45, 2.75) is 210 Å². The van der Waals surface area contributed by atoms with E-state index in [-0.39, 0.29) is 12.8 Å². The Kier molecular flexibility index (Phi) is 30.3. The summed E-state index contributed by atoms with van der Waals surface area (Å²) in [4.78, 5) is 13.0. The molecule has 0 radical (unpaired) electrons. The number of aliphatic hydroxyl groups is 7. The molecule has 11 heteroatoms. The maximum absolute atomic E-state index is 13.0. The molecule has 1 heterocycles. The first-order valence-electron chi connectivity index (χ1n) is 20.9. The molecule has 0 spiro atoms. The number of hydrogen-bond acceptors (Lipinski definition) is 10. The van der Waals surface area contributed by atoms with E-state index in [0.29, 0.717) is 19.3 Å². The zero-order chi connectivity index (χ0) is 39.1. The largest absolute Gasteiger partial charge is 0.394 e. The van der Waals surface area contributed by atoms with Gasteiger partial charge in [-0.3, -0.25) is 4.79 Å². The standard InChI is InChI=1S/C42H77NO10/c1-3-5-7-9-11-13-14-15-16-17-18-19-20-22-23-25-27-29-34(45)37(47)33(32-52-42-40(50)39(49)38(48)36(31-44)53-42)43-41(51)35(46)30-28-26-24-21-12-10-8-6-4-2/h10,12,17-18,22-23,33-40,42,44-50H,3-9,11,13-16,19-21,24-32H2,1-2H3,(H,43,51)/b12-10-,18-17+,23-22+. The van der Waals surface area contributed by atoms with Crippen molar-refractivity contribution >= 4 is 5.91 Å². The molecule has 53 heavy (non-hydrogen) atoms. The molecule has 11 nitrogen and oxygen atoms in total. The number of unbranched alkanes of at least 4 members (excludes halogenated alkanes) is 15. The third-order valence-electron chi connectivity index (χ3n) is 9.89. The quantitative estimate of drug-likeness (QED) is 0.0307. The van der Waals surface area contributed by atoms with Crippen LogP contribution in [0.5, 0.6) is 0 Å². The Morgan fingerprint density at radius 3 is 1.74 bits per heavy atom. The predicted octanol–water partition coefficient (Wildman–Crippen LogP) is 5.66. The molecule has 1 aliphatic heterocycles. The third kappa shape index (κ3) is 23.1. The summed E-state index contributed by atoms with van der Waals surface area (Å²) in [7, 11) is 0. The Morgan fingerprint density at radius 1 is 0.642 bits per heavy atom. The van der Waals surface area contributed by atoms with Gasteiger partial charge in [0.05, 0.1) is 25.4 Å². The van der Waals surface area contributed by atoms with E-state index < -0.39 is 74.2 Å². The summed E-state index contributed by atoms with van der Waals surface area (Å²) in [6.45, 7) is 3.32. The van der Waals surface area contributed by atoms with Crippen LogP contribution in [-0.4, -0.2) is 110 Å². The predicted molar refractivity (Wildman–Crippen MR) is 210 cm³/mol. The lowest BCUT2D eigenvalue weighted by Crippen LogP contribution is -2.60. The van der Waals surface area contributed by atoms with Crippen molar-refractivity contribution in [3.63, 3.8) is 0 Å². The maximum Gasteiger partial charge on any atom is 0.249 e. The molecule has 310 valence electrons. The fraction of sp³-hybridized carbons (Fsp3) is 0.833. The van der Waals surface area contributed by atoms with Gasteiger partial charge < -0.3 is 50.5 Å². The number of ether oxygens (including phenoxy) is 2. The van der Waals surface area contributed by atoms with Crippen molar-refractivity contribution in [3.8, 4) is 0 Å². The smallest absolute Gasteiger partial charge is 0.249 e. The van der Waals surface area contributed by atoms with Crippen molar-refractivity contribution in [3.05, 3.63) is 36.5 Å². The van der Waals surface area contributed by atoms with Crippen molar-refractivity contribution in [1.29, 1.82) is 0 Å². The summed E-state index contributed by atoms with van der Waals surface area (Å²) in [5.74, 6) is -0.729. The highest BCUT2D eigenvalue weighted by atomic mass is 16.7. The van der Waals surface area contributed by atoms with Gasteiger partial charge in [-0.1, -0.05) is 121 Å². The molecule has 0 aromatic rings. The first-order chi connectivity index (χ1) is 25.7. The topological polar surface area (TPSA) is 189 Å². The van der Waals surface area contributed by atoms with Crippen molar-refractivity contribution in [2.75, 3.05) is 13.2 Å². The summed E-state index contributed by atoms with van der Waals surface area (Å²) in [5.41, 5.74) is 0. The van der Waals surface area contributed by atoms with E-state index in [1.807, 2.05) is 0 Å². The minimum Gasteiger partial charge on any atom is -0.394 e. The molecule has 0 aromatic carbocycles. The number of carbonyl (C=O) groups excluding carboxylic acids is 1. The number of rotatable bonds is 33. The normalized spacial score (nSPS) is 23.2. The Bertz CT molecular complexity index is 960. The molecule has 1 saturated heterocycles. The number of allylic oxidation sites excluding steroid dienone is 6. The molecule has 0 aromatic heterocycles. The lowest BCUT2D eigenvalue weighted by atomic mass is 9.98. The Hall–Kier alpha value is -1.67. The minimum atomic E-state index is -1.67. The van der Waals surface area contributed by atoms with Crippen molar-refractivity contribution in [2.24, 2.45) is 0 Å². The summed E-state index contributed by atoms with van der Waals surface area (Å²) in [6, 6.07) is -1.19. The van der Waals surface area contributed by atoms with Crippen LogP contribution in [0.15, 0.2) is 36.5 Å². The molecule has 1 rings (SSSR count). The van der Waals surface area contributed by atoms with Crippen LogP contribution in [0.2, 0.25) is 0 Å². The Morgan fingerprint density at radius 2 is 1.15 bits per heavy atom. The molecule has 1 amide bonds. The van der Waals surface area contributed by atoms with Crippen LogP contribution in [0.25, 0.3) is 0 Å². The van der Waals surface area contributed by atoms with Gasteiger partial charge in [0.15, 0.2) is 6.29 Å². The van der Waals surface area contributed by atoms with Crippen LogP contribution in [0.4, 0.5) is 0 Å². The van der Waals surface area contributed by atoms with Gasteiger partial charge in [-0.2, -0.15) is 0 Å². The second kappa shape index (κ2) is 32.6. The molecule has 0 saturated carbocycles. The fourth-order valence-electron chi connectivity index (χ4n) is 6.32. The van der Waals surface area contributed by atoms with E-state index in [1.54, 1.807) is 0 Å². The SMILES string of the molecule is CCCC/C=C\CCCCCC(O)C(=O)NC(COC1OC(CO)C(O)C(O)C1O)C(O)C(O)CCC/C=C/CC/C=C/CCCCCCCCCC. The number of carbonyl (C=O) groups is 1. The summed E-state index contributed by atoms with van der Waals surface area (Å²) >= 11 is 0. The van der Waals surface area contributed by atoms with Gasteiger partial charge in [0.25, 0.3) is 0 Å². The average molecular weight is 756 g/mol. The minimum absolute atomic E-state index is 0.228. The van der Waals surface area contributed by atoms with E-state index in [2.05, 4.69) is 55.6 Å². The number of amides is 1. The third-order valence-corrected chi connectivity index (χ3v) is 9.89. The van der Waals surface area contributed by atoms with Gasteiger partial charge in [0.1, 0.15) is 36.6 Å². The van der Waals surface area contributed by atoms with Crippen LogP contribution in [-0.2, 0) is 14.3 Å². The molecular weight excluding hydrogens is 678 g/mol. The van der Waals surface area contributed by atoms with Crippen LogP contribution in [0, 0.1) is 0 Å². The van der Waals surface area contributed by atoms with Gasteiger partial charge in [-0.15, -0.1) is 0 Å². The van der Waals surface area contributed by atoms with Gasteiger partial charge >= 0.3 is 0 Å². The summed E-state index contributed by atoms with van der Waals surface area (Å²) in [6.07, 6.45) is 23.6. The Balaban J connectivity index is 2.55. The van der Waals surface area contributed by atoms with Crippen molar-refractivity contribution in [1.82, 2.24) is 5.32 Å². The number of hydrogen-bond donors (Lipinski definition) is 8. The first-order valence-corrected chi connectivity index (χ1v) is 20.9. The molecule has 9 unspecified atom stereocenters. The highest BCUT2D eigenvalue weighted by Crippen LogP contribution is 2.23. The van der Waals surface area contributed by atoms with E-state index in [0.717, 1.165) is 51.4 Å². The molecule has 0 bridgehead atoms. The van der Waals surface area contributed by atoms with Crippen molar-refractivity contribution < 1.29 is 50.0 Å². The fourth-order valence-corrected chi connectivity index (χ4v) is 6.32. The maximum atomic E-state index is 13.0. The second-order valence-electron chi connectivity index (χ2n) is 14.7. The summed E-state index contributed by atoms with van der Waals surface area (Å²) < 4.78 is 11.0. The Labute approximate surface area is 320 Å². The molecule has 9 atom stereocenters. The monoisotopic (exact) mass is 756 g/mol. The van der Waals surface area contributed by atoms with Gasteiger partial charge in [-0.05, 0) is 70.6 Å². The average Bonchev–Trinajstić information content (AvgIpc) is 3.16. The van der Waals surface area contributed by atoms with E-state index in [4.69, 9.17) is 9.47 Å². The zero-order valence-electron chi connectivity index (χ0n) is 33.0. The molecule has 0 aliphatic carbocycles. The number of nitrogens with one attached hydrogen (secondary N) is 1. The van der Waals surface area contributed by atoms with Crippen LogP contribution >= 0.6 is 0 Å². The van der Waals surface area contributed by atoms with E-state index in [1.165, 1.54) is 57.8 Å².